The molecule has 0 aliphatic heterocycles. The Hall–Kier alpha value is -1.26. The van der Waals surface area contributed by atoms with Gasteiger partial charge in [-0.15, -0.1) is 12.4 Å². The molecule has 3 N–H and O–H groups in total. The Labute approximate surface area is 132 Å². The third-order valence-corrected chi connectivity index (χ3v) is 4.08. The fourth-order valence-corrected chi connectivity index (χ4v) is 2.82. The molecule has 0 saturated heterocycles. The molecule has 1 aromatic rings. The molecule has 21 heavy (non-hydrogen) atoms. The highest BCUT2D eigenvalue weighted by molar-refractivity contribution is 5.85. The zero-order chi connectivity index (χ0) is 14.5. The largest absolute Gasteiger partial charge is 0.496 e. The number of nitrogens with one attached hydrogen (secondary N) is 1. The van der Waals surface area contributed by atoms with Gasteiger partial charge in [0.1, 0.15) is 5.75 Å². The van der Waals surface area contributed by atoms with Crippen molar-refractivity contribution in [3.05, 3.63) is 29.3 Å². The topological polar surface area (TPSA) is 64.3 Å². The van der Waals surface area contributed by atoms with Crippen molar-refractivity contribution in [2.75, 3.05) is 7.11 Å². The van der Waals surface area contributed by atoms with E-state index in [9.17, 15) is 4.79 Å². The SMILES string of the molecule is COc1cc(C)ccc1CNC(=O)C[C@@H]1CCC[C@H]1N.Cl. The highest BCUT2D eigenvalue weighted by atomic mass is 35.5. The normalized spacial score (nSPS) is 20.7. The highest BCUT2D eigenvalue weighted by Gasteiger charge is 2.25. The van der Waals surface area contributed by atoms with E-state index in [1.807, 2.05) is 25.1 Å². The maximum Gasteiger partial charge on any atom is 0.220 e. The summed E-state index contributed by atoms with van der Waals surface area (Å²) in [6, 6.07) is 6.19. The van der Waals surface area contributed by atoms with E-state index in [-0.39, 0.29) is 24.4 Å². The van der Waals surface area contributed by atoms with Crippen LogP contribution in [0.5, 0.6) is 5.75 Å². The molecule has 2 atom stereocenters. The predicted octanol–water partition coefficient (Wildman–Crippen LogP) is 2.56. The lowest BCUT2D eigenvalue weighted by atomic mass is 10.00. The van der Waals surface area contributed by atoms with Crippen molar-refractivity contribution in [3.63, 3.8) is 0 Å². The van der Waals surface area contributed by atoms with Crippen molar-refractivity contribution < 1.29 is 9.53 Å². The van der Waals surface area contributed by atoms with Crippen molar-refractivity contribution >= 4 is 18.3 Å². The molecule has 0 bridgehead atoms. The average molecular weight is 313 g/mol. The van der Waals surface area contributed by atoms with E-state index < -0.39 is 0 Å². The molecule has 0 spiro atoms. The Bertz CT molecular complexity index is 479. The molecule has 1 aromatic carbocycles. The minimum absolute atomic E-state index is 0. The van der Waals surface area contributed by atoms with E-state index in [1.54, 1.807) is 7.11 Å². The number of rotatable bonds is 5. The van der Waals surface area contributed by atoms with Crippen molar-refractivity contribution in [1.82, 2.24) is 5.32 Å². The van der Waals surface area contributed by atoms with Crippen LogP contribution in [-0.2, 0) is 11.3 Å². The van der Waals surface area contributed by atoms with Gasteiger partial charge in [0.05, 0.1) is 7.11 Å². The lowest BCUT2D eigenvalue weighted by Crippen LogP contribution is -2.31. The van der Waals surface area contributed by atoms with Gasteiger partial charge in [-0.1, -0.05) is 18.6 Å². The van der Waals surface area contributed by atoms with Gasteiger partial charge >= 0.3 is 0 Å². The second kappa shape index (κ2) is 8.25. The maximum absolute atomic E-state index is 12.0. The number of amides is 1. The van der Waals surface area contributed by atoms with Crippen LogP contribution in [0.4, 0.5) is 0 Å². The molecule has 0 heterocycles. The number of carbonyl (C=O) groups excluding carboxylic acids is 1. The zero-order valence-corrected chi connectivity index (χ0v) is 13.5. The van der Waals surface area contributed by atoms with Gasteiger partial charge in [0.15, 0.2) is 0 Å². The first-order valence-corrected chi connectivity index (χ1v) is 7.26. The van der Waals surface area contributed by atoms with E-state index in [0.717, 1.165) is 36.1 Å². The van der Waals surface area contributed by atoms with Gasteiger partial charge in [0, 0.05) is 24.6 Å². The smallest absolute Gasteiger partial charge is 0.220 e. The third-order valence-electron chi connectivity index (χ3n) is 4.08. The van der Waals surface area contributed by atoms with Crippen LogP contribution in [0.15, 0.2) is 18.2 Å². The number of carbonyl (C=O) groups is 1. The fraction of sp³-hybridized carbons (Fsp3) is 0.562. The Kier molecular flexibility index (Phi) is 6.99. The molecule has 1 aliphatic rings. The molecule has 1 amide bonds. The molecule has 1 aliphatic carbocycles. The van der Waals surface area contributed by atoms with Gasteiger partial charge < -0.3 is 15.8 Å². The number of methoxy groups -OCH3 is 1. The summed E-state index contributed by atoms with van der Waals surface area (Å²) in [7, 11) is 1.65. The lowest BCUT2D eigenvalue weighted by molar-refractivity contribution is -0.122. The van der Waals surface area contributed by atoms with Crippen LogP contribution in [0.1, 0.15) is 36.8 Å². The number of hydrogen-bond donors (Lipinski definition) is 2. The lowest BCUT2D eigenvalue weighted by Gasteiger charge is -2.15. The van der Waals surface area contributed by atoms with Gasteiger partial charge in [-0.3, -0.25) is 4.79 Å². The number of aryl methyl sites for hydroxylation is 1. The summed E-state index contributed by atoms with van der Waals surface area (Å²) in [6.45, 7) is 2.52. The Morgan fingerprint density at radius 2 is 2.19 bits per heavy atom. The maximum atomic E-state index is 12.0. The Morgan fingerprint density at radius 1 is 1.43 bits per heavy atom. The summed E-state index contributed by atoms with van der Waals surface area (Å²) in [6.07, 6.45) is 3.80. The predicted molar refractivity (Wildman–Crippen MR) is 86.8 cm³/mol. The highest BCUT2D eigenvalue weighted by Crippen LogP contribution is 2.26. The number of ether oxygens (including phenoxy) is 1. The minimum Gasteiger partial charge on any atom is -0.496 e. The van der Waals surface area contributed by atoms with Crippen LogP contribution in [0.2, 0.25) is 0 Å². The number of hydrogen-bond acceptors (Lipinski definition) is 3. The van der Waals surface area contributed by atoms with Crippen LogP contribution >= 0.6 is 12.4 Å². The molecule has 1 fully saturated rings. The summed E-state index contributed by atoms with van der Waals surface area (Å²) in [5.41, 5.74) is 8.15. The fourth-order valence-electron chi connectivity index (χ4n) is 2.82. The molecule has 4 nitrogen and oxygen atoms in total. The third kappa shape index (κ3) is 4.90. The van der Waals surface area contributed by atoms with Crippen LogP contribution in [-0.4, -0.2) is 19.1 Å². The van der Waals surface area contributed by atoms with Crippen molar-refractivity contribution in [3.8, 4) is 5.75 Å². The van der Waals surface area contributed by atoms with Crippen molar-refractivity contribution in [2.24, 2.45) is 11.7 Å². The number of nitrogens with two attached hydrogens (primary N) is 1. The molecular formula is C16H25ClN2O2. The second-order valence-corrected chi connectivity index (χ2v) is 5.65. The number of halogens is 1. The van der Waals surface area contributed by atoms with Gasteiger partial charge in [-0.2, -0.15) is 0 Å². The molecule has 0 unspecified atom stereocenters. The number of benzene rings is 1. The molecule has 2 rings (SSSR count). The van der Waals surface area contributed by atoms with E-state index in [2.05, 4.69) is 5.32 Å². The summed E-state index contributed by atoms with van der Waals surface area (Å²) >= 11 is 0. The summed E-state index contributed by atoms with van der Waals surface area (Å²) in [5, 5.41) is 2.97. The monoisotopic (exact) mass is 312 g/mol. The van der Waals surface area contributed by atoms with Gasteiger partial charge in [0.25, 0.3) is 0 Å². The average Bonchev–Trinajstić information content (AvgIpc) is 2.82. The quantitative estimate of drug-likeness (QED) is 0.878. The van der Waals surface area contributed by atoms with Crippen molar-refractivity contribution in [1.29, 1.82) is 0 Å². The molecule has 0 radical (unpaired) electrons. The van der Waals surface area contributed by atoms with Crippen LogP contribution < -0.4 is 15.8 Å². The van der Waals surface area contributed by atoms with E-state index in [4.69, 9.17) is 10.5 Å². The molecular weight excluding hydrogens is 288 g/mol. The summed E-state index contributed by atoms with van der Waals surface area (Å²) < 4.78 is 5.34. The standard InChI is InChI=1S/C16H24N2O2.ClH/c1-11-6-7-13(15(8-11)20-2)10-18-16(19)9-12-4-3-5-14(12)17;/h6-8,12,14H,3-5,9-10,17H2,1-2H3,(H,18,19);1H/t12-,14+;/m0./s1. The zero-order valence-electron chi connectivity index (χ0n) is 12.7. The van der Waals surface area contributed by atoms with Crippen molar-refractivity contribution in [2.45, 2.75) is 45.2 Å². The minimum atomic E-state index is 0. The summed E-state index contributed by atoms with van der Waals surface area (Å²) in [5.74, 6) is 1.24. The van der Waals surface area contributed by atoms with Crippen LogP contribution in [0, 0.1) is 12.8 Å². The van der Waals surface area contributed by atoms with E-state index >= 15 is 0 Å². The van der Waals surface area contributed by atoms with Gasteiger partial charge in [-0.05, 0) is 37.3 Å². The molecule has 1 saturated carbocycles. The second-order valence-electron chi connectivity index (χ2n) is 5.65. The van der Waals surface area contributed by atoms with E-state index in [0.29, 0.717) is 18.9 Å². The van der Waals surface area contributed by atoms with Crippen LogP contribution in [0.25, 0.3) is 0 Å². The van der Waals surface area contributed by atoms with Gasteiger partial charge in [0.2, 0.25) is 5.91 Å². The summed E-state index contributed by atoms with van der Waals surface area (Å²) in [4.78, 5) is 12.0. The molecule has 118 valence electrons. The van der Waals surface area contributed by atoms with Crippen LogP contribution in [0.3, 0.4) is 0 Å². The molecule has 0 aromatic heterocycles. The molecule has 5 heteroatoms. The Morgan fingerprint density at radius 3 is 2.81 bits per heavy atom. The van der Waals surface area contributed by atoms with Gasteiger partial charge in [-0.25, -0.2) is 0 Å². The van der Waals surface area contributed by atoms with E-state index in [1.165, 1.54) is 0 Å². The Balaban J connectivity index is 0.00000220. The first kappa shape index (κ1) is 17.8. The first-order valence-electron chi connectivity index (χ1n) is 7.26. The first-order chi connectivity index (χ1) is 9.60.